The van der Waals surface area contributed by atoms with E-state index in [1.165, 1.54) is 24.0 Å². The third-order valence-electron chi connectivity index (χ3n) is 5.76. The number of pyridine rings is 1. The van der Waals surface area contributed by atoms with Crippen LogP contribution in [0.3, 0.4) is 0 Å². The van der Waals surface area contributed by atoms with Crippen molar-refractivity contribution in [2.45, 2.75) is 32.0 Å². The number of rotatable bonds is 10. The van der Waals surface area contributed by atoms with Gasteiger partial charge in [0.2, 0.25) is 0 Å². The van der Waals surface area contributed by atoms with Gasteiger partial charge in [-0.05, 0) is 73.5 Å². The summed E-state index contributed by atoms with van der Waals surface area (Å²) in [4.78, 5) is 6.90. The zero-order chi connectivity index (χ0) is 21.3. The maximum Gasteiger partial charge on any atom is 0.130 e. The molecule has 0 spiro atoms. The van der Waals surface area contributed by atoms with Crippen LogP contribution in [0, 0.1) is 0 Å². The summed E-state index contributed by atoms with van der Waals surface area (Å²) in [5.41, 5.74) is 3.48. The number of likely N-dealkylation sites (tertiary alicyclic amines) is 1. The van der Waals surface area contributed by atoms with Crippen LogP contribution in [0.4, 0.5) is 0 Å². The van der Waals surface area contributed by atoms with Gasteiger partial charge in [0.1, 0.15) is 18.1 Å². The van der Waals surface area contributed by atoms with E-state index in [0.717, 1.165) is 43.4 Å². The molecule has 0 amide bonds. The minimum atomic E-state index is 0.372. The van der Waals surface area contributed by atoms with E-state index in [0.29, 0.717) is 12.6 Å². The topological polar surface area (TPSA) is 46.6 Å². The molecule has 1 N–H and O–H groups in total. The number of benzene rings is 2. The lowest BCUT2D eigenvalue weighted by molar-refractivity contribution is 0.238. The van der Waals surface area contributed by atoms with Gasteiger partial charge in [-0.2, -0.15) is 0 Å². The molecule has 3 aromatic rings. The number of aromatic nitrogens is 1. The van der Waals surface area contributed by atoms with Crippen molar-refractivity contribution in [1.82, 2.24) is 15.2 Å². The van der Waals surface area contributed by atoms with Gasteiger partial charge in [-0.25, -0.2) is 0 Å². The second kappa shape index (κ2) is 10.9. The van der Waals surface area contributed by atoms with Gasteiger partial charge in [-0.1, -0.05) is 30.3 Å². The average Bonchev–Trinajstić information content (AvgIpc) is 3.36. The fourth-order valence-corrected chi connectivity index (χ4v) is 4.08. The maximum atomic E-state index is 5.92. The average molecular weight is 418 g/mol. The largest absolute Gasteiger partial charge is 0.497 e. The zero-order valence-corrected chi connectivity index (χ0v) is 18.2. The molecule has 31 heavy (non-hydrogen) atoms. The Labute approximate surface area is 185 Å². The smallest absolute Gasteiger partial charge is 0.130 e. The molecule has 5 heteroatoms. The van der Waals surface area contributed by atoms with Crippen molar-refractivity contribution >= 4 is 0 Å². The minimum absolute atomic E-state index is 0.372. The molecule has 1 aliphatic rings. The predicted octanol–water partition coefficient (Wildman–Crippen LogP) is 4.60. The molecule has 2 aromatic carbocycles. The van der Waals surface area contributed by atoms with Crippen LogP contribution in [-0.2, 0) is 13.2 Å². The second-order valence-corrected chi connectivity index (χ2v) is 7.92. The van der Waals surface area contributed by atoms with Crippen molar-refractivity contribution in [1.29, 1.82) is 0 Å². The van der Waals surface area contributed by atoms with Crippen LogP contribution < -0.4 is 14.8 Å². The standard InChI is InChI=1S/C26H31N3O2/c1-30-24-12-10-22(11-13-24)26(29-15-4-5-16-29)19-27-18-21-7-6-9-25(17-21)31-20-23-8-2-3-14-28-23/h2-3,6-14,17,26-27H,4-5,15-16,18-20H2,1H3/t26-/m0/s1. The lowest BCUT2D eigenvalue weighted by Gasteiger charge is -2.28. The highest BCUT2D eigenvalue weighted by Gasteiger charge is 2.23. The summed E-state index contributed by atoms with van der Waals surface area (Å²) in [5, 5.41) is 3.67. The van der Waals surface area contributed by atoms with E-state index in [1.807, 2.05) is 30.3 Å². The van der Waals surface area contributed by atoms with Crippen molar-refractivity contribution in [2.75, 3.05) is 26.7 Å². The summed E-state index contributed by atoms with van der Waals surface area (Å²) in [6.45, 7) is 4.52. The number of hydrogen-bond acceptors (Lipinski definition) is 5. The molecule has 2 heterocycles. The van der Waals surface area contributed by atoms with Gasteiger partial charge in [0.25, 0.3) is 0 Å². The third kappa shape index (κ3) is 6.06. The Morgan fingerprint density at radius 3 is 2.55 bits per heavy atom. The molecule has 0 unspecified atom stereocenters. The van der Waals surface area contributed by atoms with Crippen molar-refractivity contribution in [3.63, 3.8) is 0 Å². The molecular formula is C26H31N3O2. The molecule has 1 fully saturated rings. The third-order valence-corrected chi connectivity index (χ3v) is 5.76. The van der Waals surface area contributed by atoms with Crippen LogP contribution in [0.2, 0.25) is 0 Å². The fraction of sp³-hybridized carbons (Fsp3) is 0.346. The summed E-state index contributed by atoms with van der Waals surface area (Å²) in [7, 11) is 1.71. The molecule has 0 radical (unpaired) electrons. The molecule has 1 aromatic heterocycles. The van der Waals surface area contributed by atoms with E-state index in [9.17, 15) is 0 Å². The molecule has 0 saturated carbocycles. The first-order valence-electron chi connectivity index (χ1n) is 11.0. The Morgan fingerprint density at radius 2 is 1.81 bits per heavy atom. The van der Waals surface area contributed by atoms with Gasteiger partial charge < -0.3 is 14.8 Å². The van der Waals surface area contributed by atoms with E-state index in [4.69, 9.17) is 9.47 Å². The lowest BCUT2D eigenvalue weighted by atomic mass is 10.0. The summed E-state index contributed by atoms with van der Waals surface area (Å²) < 4.78 is 11.2. The van der Waals surface area contributed by atoms with Crippen molar-refractivity contribution < 1.29 is 9.47 Å². The van der Waals surface area contributed by atoms with Crippen molar-refractivity contribution in [3.05, 3.63) is 89.7 Å². The number of nitrogens with zero attached hydrogens (tertiary/aromatic N) is 2. The quantitative estimate of drug-likeness (QED) is 0.523. The molecule has 162 valence electrons. The predicted molar refractivity (Wildman–Crippen MR) is 123 cm³/mol. The highest BCUT2D eigenvalue weighted by Crippen LogP contribution is 2.26. The highest BCUT2D eigenvalue weighted by molar-refractivity contribution is 5.30. The summed E-state index contributed by atoms with van der Waals surface area (Å²) in [6, 6.07) is 23.0. The minimum Gasteiger partial charge on any atom is -0.497 e. The summed E-state index contributed by atoms with van der Waals surface area (Å²) in [6.07, 6.45) is 4.35. The van der Waals surface area contributed by atoms with E-state index < -0.39 is 0 Å². The molecular weight excluding hydrogens is 386 g/mol. The maximum absolute atomic E-state index is 5.92. The van der Waals surface area contributed by atoms with Gasteiger partial charge in [-0.3, -0.25) is 9.88 Å². The molecule has 1 saturated heterocycles. The van der Waals surface area contributed by atoms with E-state index in [2.05, 4.69) is 51.6 Å². The Morgan fingerprint density at radius 1 is 0.968 bits per heavy atom. The Balaban J connectivity index is 1.34. The number of ether oxygens (including phenoxy) is 2. The number of methoxy groups -OCH3 is 1. The number of hydrogen-bond donors (Lipinski definition) is 1. The van der Waals surface area contributed by atoms with Gasteiger partial charge in [0.05, 0.1) is 12.8 Å². The van der Waals surface area contributed by atoms with Gasteiger partial charge >= 0.3 is 0 Å². The fourth-order valence-electron chi connectivity index (χ4n) is 4.08. The second-order valence-electron chi connectivity index (χ2n) is 7.92. The van der Waals surface area contributed by atoms with E-state index in [-0.39, 0.29) is 0 Å². The molecule has 0 bridgehead atoms. The van der Waals surface area contributed by atoms with Crippen molar-refractivity contribution in [2.24, 2.45) is 0 Å². The van der Waals surface area contributed by atoms with Crippen LogP contribution in [-0.4, -0.2) is 36.6 Å². The normalized spacial score (nSPS) is 15.0. The molecule has 5 nitrogen and oxygen atoms in total. The highest BCUT2D eigenvalue weighted by atomic mass is 16.5. The molecule has 4 rings (SSSR count). The first kappa shape index (κ1) is 21.3. The van der Waals surface area contributed by atoms with Gasteiger partial charge in [0.15, 0.2) is 0 Å². The SMILES string of the molecule is COc1ccc([C@H](CNCc2cccc(OCc3ccccn3)c2)N2CCCC2)cc1. The molecule has 1 atom stereocenters. The molecule has 0 aliphatic carbocycles. The monoisotopic (exact) mass is 417 g/mol. The Hall–Kier alpha value is -2.89. The Kier molecular flexibility index (Phi) is 7.53. The van der Waals surface area contributed by atoms with E-state index >= 15 is 0 Å². The van der Waals surface area contributed by atoms with E-state index in [1.54, 1.807) is 13.3 Å². The zero-order valence-electron chi connectivity index (χ0n) is 18.2. The first-order valence-corrected chi connectivity index (χ1v) is 11.0. The number of nitrogens with one attached hydrogen (secondary N) is 1. The van der Waals surface area contributed by atoms with Gasteiger partial charge in [-0.15, -0.1) is 0 Å². The van der Waals surface area contributed by atoms with Crippen molar-refractivity contribution in [3.8, 4) is 11.5 Å². The summed E-state index contributed by atoms with van der Waals surface area (Å²) in [5.74, 6) is 1.77. The Bertz CT molecular complexity index is 925. The van der Waals surface area contributed by atoms with Crippen LogP contribution in [0.25, 0.3) is 0 Å². The van der Waals surface area contributed by atoms with Crippen LogP contribution in [0.1, 0.15) is 35.7 Å². The first-order chi connectivity index (χ1) is 15.3. The van der Waals surface area contributed by atoms with Crippen LogP contribution in [0.15, 0.2) is 72.9 Å². The summed E-state index contributed by atoms with van der Waals surface area (Å²) >= 11 is 0. The van der Waals surface area contributed by atoms with Crippen LogP contribution >= 0.6 is 0 Å². The van der Waals surface area contributed by atoms with Gasteiger partial charge in [0, 0.05) is 25.3 Å². The van der Waals surface area contributed by atoms with Crippen LogP contribution in [0.5, 0.6) is 11.5 Å². The molecule has 1 aliphatic heterocycles. The lowest BCUT2D eigenvalue weighted by Crippen LogP contribution is -2.34.